The highest BCUT2D eigenvalue weighted by Gasteiger charge is 2.46. The van der Waals surface area contributed by atoms with E-state index in [1.165, 1.54) is 17.0 Å². The van der Waals surface area contributed by atoms with Gasteiger partial charge in [-0.2, -0.15) is 5.26 Å². The molecule has 2 aliphatic heterocycles. The zero-order chi connectivity index (χ0) is 18.1. The lowest BCUT2D eigenvalue weighted by Gasteiger charge is -2.51. The van der Waals surface area contributed by atoms with Crippen molar-refractivity contribution in [2.45, 2.75) is 45.2 Å². The minimum atomic E-state index is 0.0876. The molecule has 1 saturated heterocycles. The van der Waals surface area contributed by atoms with Gasteiger partial charge in [0.25, 0.3) is 0 Å². The molecule has 4 rings (SSSR count). The highest BCUT2D eigenvalue weighted by molar-refractivity contribution is 5.28. The maximum absolute atomic E-state index is 8.99. The third-order valence-electron chi connectivity index (χ3n) is 5.93. The molecule has 0 unspecified atom stereocenters. The van der Waals surface area contributed by atoms with Crippen LogP contribution in [0.2, 0.25) is 0 Å². The van der Waals surface area contributed by atoms with Gasteiger partial charge in [0.1, 0.15) is 11.8 Å². The van der Waals surface area contributed by atoms with Crippen molar-refractivity contribution in [1.29, 1.82) is 5.26 Å². The van der Waals surface area contributed by atoms with Crippen LogP contribution in [0.5, 0.6) is 0 Å². The van der Waals surface area contributed by atoms with Gasteiger partial charge in [-0.15, -0.1) is 0 Å². The van der Waals surface area contributed by atoms with Crippen LogP contribution in [-0.2, 0) is 18.5 Å². The van der Waals surface area contributed by atoms with Crippen LogP contribution in [0.1, 0.15) is 49.3 Å². The Balaban J connectivity index is 1.50. The largest absolute Gasteiger partial charge is 0.353 e. The molecule has 0 atom stereocenters. The maximum Gasteiger partial charge on any atom is 0.117 e. The number of fused-ring (bicyclic) bond motifs is 2. The molecule has 6 heteroatoms. The van der Waals surface area contributed by atoms with Gasteiger partial charge in [-0.05, 0) is 30.4 Å². The molecule has 0 amide bonds. The van der Waals surface area contributed by atoms with Crippen molar-refractivity contribution in [1.82, 2.24) is 24.8 Å². The average Bonchev–Trinajstić information content (AvgIpc) is 3.28. The number of hydrogen-bond donors (Lipinski definition) is 2. The van der Waals surface area contributed by atoms with Crippen LogP contribution in [0.3, 0.4) is 0 Å². The fourth-order valence-corrected chi connectivity index (χ4v) is 4.72. The first-order valence-corrected chi connectivity index (χ1v) is 9.68. The summed E-state index contributed by atoms with van der Waals surface area (Å²) in [6, 6.07) is 4.13. The summed E-state index contributed by atoms with van der Waals surface area (Å²) < 4.78 is 0. The van der Waals surface area contributed by atoms with E-state index >= 15 is 0 Å². The van der Waals surface area contributed by atoms with Gasteiger partial charge in [0, 0.05) is 51.0 Å². The Kier molecular flexibility index (Phi) is 4.60. The summed E-state index contributed by atoms with van der Waals surface area (Å²) >= 11 is 0. The summed E-state index contributed by atoms with van der Waals surface area (Å²) in [7, 11) is 0. The number of nitrogens with zero attached hydrogens (tertiary/aromatic N) is 4. The van der Waals surface area contributed by atoms with Crippen molar-refractivity contribution in [3.05, 3.63) is 41.2 Å². The molecule has 2 N–H and O–H groups in total. The number of rotatable bonds is 4. The molecular weight excluding hydrogens is 324 g/mol. The molecule has 0 saturated carbocycles. The van der Waals surface area contributed by atoms with Crippen molar-refractivity contribution in [2.24, 2.45) is 5.92 Å². The Morgan fingerprint density at radius 2 is 2.08 bits per heavy atom. The molecular formula is C20H28N6. The first kappa shape index (κ1) is 17.3. The normalized spacial score (nSPS) is 20.4. The predicted molar refractivity (Wildman–Crippen MR) is 100 cm³/mol. The first-order chi connectivity index (χ1) is 12.6. The van der Waals surface area contributed by atoms with E-state index in [4.69, 9.17) is 10.2 Å². The molecule has 138 valence electrons. The third kappa shape index (κ3) is 3.06. The molecule has 4 heterocycles. The molecule has 1 spiro atoms. The molecule has 2 aliphatic rings. The van der Waals surface area contributed by atoms with Gasteiger partial charge in [-0.1, -0.05) is 13.8 Å². The lowest BCUT2D eigenvalue weighted by Crippen LogP contribution is -2.57. The lowest BCUT2D eigenvalue weighted by atomic mass is 9.78. The van der Waals surface area contributed by atoms with Crippen molar-refractivity contribution >= 4 is 0 Å². The van der Waals surface area contributed by atoms with Crippen LogP contribution in [0.15, 0.2) is 18.6 Å². The van der Waals surface area contributed by atoms with Gasteiger partial charge in [0.15, 0.2) is 0 Å². The third-order valence-corrected chi connectivity index (χ3v) is 5.93. The molecule has 0 aliphatic carbocycles. The number of aromatic amines is 2. The highest BCUT2D eigenvalue weighted by Crippen LogP contribution is 2.42. The van der Waals surface area contributed by atoms with Gasteiger partial charge in [-0.25, -0.2) is 4.98 Å². The fraction of sp³-hybridized carbons (Fsp3) is 0.600. The number of imidazole rings is 1. The van der Waals surface area contributed by atoms with E-state index in [9.17, 15) is 0 Å². The van der Waals surface area contributed by atoms with Crippen LogP contribution in [-0.4, -0.2) is 50.9 Å². The summed E-state index contributed by atoms with van der Waals surface area (Å²) in [5.74, 6) is 0.662. The lowest BCUT2D eigenvalue weighted by molar-refractivity contribution is -0.00354. The van der Waals surface area contributed by atoms with Gasteiger partial charge in [0.05, 0.1) is 17.6 Å². The zero-order valence-electron chi connectivity index (χ0n) is 15.8. The van der Waals surface area contributed by atoms with Crippen LogP contribution in [0, 0.1) is 17.2 Å². The summed E-state index contributed by atoms with van der Waals surface area (Å²) in [5, 5.41) is 8.99. The second-order valence-electron chi connectivity index (χ2n) is 8.16. The van der Waals surface area contributed by atoms with Crippen molar-refractivity contribution in [3.8, 4) is 6.07 Å². The quantitative estimate of drug-likeness (QED) is 0.887. The van der Waals surface area contributed by atoms with E-state index in [1.54, 1.807) is 0 Å². The summed E-state index contributed by atoms with van der Waals surface area (Å²) in [6.07, 6.45) is 7.15. The SMILES string of the molecule is CC(C)CN1CCc2[nH]cnc2C12CCN(Cc1c[nH]c(C#N)c1)CC2. The number of piperidine rings is 1. The molecule has 26 heavy (non-hydrogen) atoms. The molecule has 2 aromatic heterocycles. The molecule has 2 aromatic rings. The number of hydrogen-bond acceptors (Lipinski definition) is 4. The highest BCUT2D eigenvalue weighted by atomic mass is 15.3. The smallest absolute Gasteiger partial charge is 0.117 e. The van der Waals surface area contributed by atoms with E-state index in [-0.39, 0.29) is 5.54 Å². The maximum atomic E-state index is 8.99. The average molecular weight is 352 g/mol. The topological polar surface area (TPSA) is 74.7 Å². The molecule has 0 radical (unpaired) electrons. The number of H-pyrrole nitrogens is 2. The minimum absolute atomic E-state index is 0.0876. The van der Waals surface area contributed by atoms with Crippen LogP contribution in [0.25, 0.3) is 0 Å². The molecule has 1 fully saturated rings. The van der Waals surface area contributed by atoms with Crippen LogP contribution < -0.4 is 0 Å². The van der Waals surface area contributed by atoms with E-state index in [0.717, 1.165) is 52.0 Å². The monoisotopic (exact) mass is 352 g/mol. The second kappa shape index (κ2) is 6.90. The van der Waals surface area contributed by atoms with Gasteiger partial charge in [-0.3, -0.25) is 9.80 Å². The zero-order valence-corrected chi connectivity index (χ0v) is 15.8. The Hall–Kier alpha value is -2.10. The molecule has 6 nitrogen and oxygen atoms in total. The van der Waals surface area contributed by atoms with Gasteiger partial charge >= 0.3 is 0 Å². The molecule has 0 aromatic carbocycles. The van der Waals surface area contributed by atoms with E-state index < -0.39 is 0 Å². The van der Waals surface area contributed by atoms with Crippen LogP contribution >= 0.6 is 0 Å². The van der Waals surface area contributed by atoms with Crippen molar-refractivity contribution in [2.75, 3.05) is 26.2 Å². The van der Waals surface area contributed by atoms with Crippen molar-refractivity contribution < 1.29 is 0 Å². The summed E-state index contributed by atoms with van der Waals surface area (Å²) in [4.78, 5) is 16.4. The minimum Gasteiger partial charge on any atom is -0.353 e. The summed E-state index contributed by atoms with van der Waals surface area (Å²) in [6.45, 7) is 9.91. The number of nitrogens with one attached hydrogen (secondary N) is 2. The van der Waals surface area contributed by atoms with E-state index in [1.807, 2.05) is 18.6 Å². The summed E-state index contributed by atoms with van der Waals surface area (Å²) in [5.41, 5.74) is 4.55. The second-order valence-corrected chi connectivity index (χ2v) is 8.16. The fourth-order valence-electron chi connectivity index (χ4n) is 4.72. The standard InChI is InChI=1S/C20H28N6/c1-15(2)12-26-6-3-18-19(24-14-23-18)20(26)4-7-25(8-5-20)13-16-9-17(10-21)22-11-16/h9,11,14-15,22H,3-8,12-13H2,1-2H3,(H,23,24). The Labute approximate surface area is 155 Å². The van der Waals surface area contributed by atoms with Crippen molar-refractivity contribution in [3.63, 3.8) is 0 Å². The van der Waals surface area contributed by atoms with Gasteiger partial charge < -0.3 is 9.97 Å². The Morgan fingerprint density at radius 1 is 1.27 bits per heavy atom. The Morgan fingerprint density at radius 3 is 2.77 bits per heavy atom. The number of nitriles is 1. The number of likely N-dealkylation sites (tertiary alicyclic amines) is 1. The molecule has 0 bridgehead atoms. The van der Waals surface area contributed by atoms with E-state index in [0.29, 0.717) is 11.6 Å². The van der Waals surface area contributed by atoms with Crippen LogP contribution in [0.4, 0.5) is 0 Å². The Bertz CT molecular complexity index is 787. The first-order valence-electron chi connectivity index (χ1n) is 9.68. The van der Waals surface area contributed by atoms with Gasteiger partial charge in [0.2, 0.25) is 0 Å². The van der Waals surface area contributed by atoms with E-state index in [2.05, 4.69) is 39.7 Å². The predicted octanol–water partition coefficient (Wildman–Crippen LogP) is 2.61. The number of aromatic nitrogens is 3.